The summed E-state index contributed by atoms with van der Waals surface area (Å²) in [7, 11) is 0. The van der Waals surface area contributed by atoms with Crippen molar-refractivity contribution < 1.29 is 9.59 Å². The fourth-order valence-corrected chi connectivity index (χ4v) is 6.57. The van der Waals surface area contributed by atoms with Crippen LogP contribution >= 0.6 is 0 Å². The van der Waals surface area contributed by atoms with Crippen molar-refractivity contribution in [3.8, 4) is 0 Å². The zero-order valence-electron chi connectivity index (χ0n) is 28.4. The zero-order valence-corrected chi connectivity index (χ0v) is 28.4. The number of amides is 2. The lowest BCUT2D eigenvalue weighted by molar-refractivity contribution is 0.0939. The monoisotopic (exact) mass is 680 g/mol. The highest BCUT2D eigenvalue weighted by atomic mass is 16.2. The van der Waals surface area contributed by atoms with Gasteiger partial charge >= 0.3 is 0 Å². The van der Waals surface area contributed by atoms with Gasteiger partial charge in [-0.15, -0.1) is 0 Å². The number of aromatic nitrogens is 2. The van der Waals surface area contributed by atoms with Crippen LogP contribution < -0.4 is 21.3 Å². The van der Waals surface area contributed by atoms with Crippen molar-refractivity contribution in [1.82, 2.24) is 20.6 Å². The number of fused-ring (bicyclic) bond motifs is 4. The summed E-state index contributed by atoms with van der Waals surface area (Å²) in [6, 6.07) is 47.2. The standard InChI is InChI=1S/C44H36N6O2/c51-43(29-13-11-15-31(27-29)47-41-33-17-1-5-21-37(33)49-38-22-6-2-18-34(38)41)45-25-9-10-26-46-44(52)30-14-12-16-32(28-30)48-42-35-19-3-7-23-39(35)50-40-24-8-4-20-36(40)42/h1-8,11-24,27-28H,9-10,25-26H2,(H,45,51)(H,46,52)(H,47,49)(H,48,50). The second kappa shape index (κ2) is 14.6. The van der Waals surface area contributed by atoms with Gasteiger partial charge in [-0.3, -0.25) is 9.59 Å². The molecule has 0 bridgehead atoms. The minimum Gasteiger partial charge on any atom is -0.354 e. The Bertz CT molecular complexity index is 2310. The van der Waals surface area contributed by atoms with E-state index in [-0.39, 0.29) is 11.8 Å². The third kappa shape index (κ3) is 6.82. The Balaban J connectivity index is 0.849. The van der Waals surface area contributed by atoms with Gasteiger partial charge in [-0.1, -0.05) is 84.9 Å². The van der Waals surface area contributed by atoms with Gasteiger partial charge in [-0.25, -0.2) is 9.97 Å². The van der Waals surface area contributed by atoms with Crippen LogP contribution in [0, 0.1) is 0 Å². The molecule has 0 radical (unpaired) electrons. The van der Waals surface area contributed by atoms with E-state index >= 15 is 0 Å². The first-order valence-corrected chi connectivity index (χ1v) is 17.5. The molecule has 0 saturated carbocycles. The maximum absolute atomic E-state index is 13.1. The Morgan fingerprint density at radius 2 is 0.769 bits per heavy atom. The molecule has 0 aliphatic rings. The first kappa shape index (κ1) is 32.4. The van der Waals surface area contributed by atoms with Gasteiger partial charge in [0.2, 0.25) is 0 Å². The summed E-state index contributed by atoms with van der Waals surface area (Å²) in [5, 5.41) is 17.2. The average Bonchev–Trinajstić information content (AvgIpc) is 3.19. The Morgan fingerprint density at radius 1 is 0.423 bits per heavy atom. The Kier molecular flexibility index (Phi) is 9.09. The van der Waals surface area contributed by atoms with Crippen molar-refractivity contribution >= 4 is 78.2 Å². The van der Waals surface area contributed by atoms with Crippen LogP contribution in [-0.4, -0.2) is 34.9 Å². The molecule has 2 amide bonds. The molecule has 2 aromatic heterocycles. The molecule has 0 atom stereocenters. The van der Waals surface area contributed by atoms with Gasteiger partial charge in [0.25, 0.3) is 11.8 Å². The lowest BCUT2D eigenvalue weighted by Crippen LogP contribution is -2.27. The van der Waals surface area contributed by atoms with Gasteiger partial charge in [-0.2, -0.15) is 0 Å². The van der Waals surface area contributed by atoms with Crippen LogP contribution in [0.25, 0.3) is 43.6 Å². The SMILES string of the molecule is O=C(NCCCCNC(=O)c1cccc(Nc2c3ccccc3nc3ccccc23)c1)c1cccc(Nc2c3ccccc3nc3ccccc23)c1. The molecule has 254 valence electrons. The van der Waals surface area contributed by atoms with Gasteiger partial charge in [0.05, 0.1) is 33.4 Å². The van der Waals surface area contributed by atoms with Crippen molar-refractivity contribution in [2.75, 3.05) is 23.7 Å². The van der Waals surface area contributed by atoms with E-state index in [1.165, 1.54) is 0 Å². The molecule has 0 spiro atoms. The Morgan fingerprint density at radius 3 is 1.13 bits per heavy atom. The molecule has 2 heterocycles. The lowest BCUT2D eigenvalue weighted by Gasteiger charge is -2.14. The number of unbranched alkanes of at least 4 members (excludes halogenated alkanes) is 1. The molecular formula is C44H36N6O2. The van der Waals surface area contributed by atoms with E-state index in [0.29, 0.717) is 24.2 Å². The summed E-state index contributed by atoms with van der Waals surface area (Å²) in [5.74, 6) is -0.285. The molecule has 0 unspecified atom stereocenters. The summed E-state index contributed by atoms with van der Waals surface area (Å²) in [6.45, 7) is 0.998. The zero-order chi connectivity index (χ0) is 35.3. The van der Waals surface area contributed by atoms with Crippen molar-refractivity contribution in [3.05, 3.63) is 157 Å². The normalized spacial score (nSPS) is 11.2. The van der Waals surface area contributed by atoms with E-state index < -0.39 is 0 Å². The number of nitrogens with one attached hydrogen (secondary N) is 4. The van der Waals surface area contributed by atoms with Crippen molar-refractivity contribution in [2.24, 2.45) is 0 Å². The molecule has 0 fully saturated rings. The number of nitrogens with zero attached hydrogens (tertiary/aromatic N) is 2. The van der Waals surface area contributed by atoms with Crippen LogP contribution in [0.2, 0.25) is 0 Å². The smallest absolute Gasteiger partial charge is 0.251 e. The quantitative estimate of drug-likeness (QED) is 0.0801. The number of para-hydroxylation sites is 4. The molecular weight excluding hydrogens is 645 g/mol. The molecule has 6 aromatic carbocycles. The van der Waals surface area contributed by atoms with Crippen molar-refractivity contribution in [1.29, 1.82) is 0 Å². The third-order valence-electron chi connectivity index (χ3n) is 9.14. The summed E-state index contributed by atoms with van der Waals surface area (Å²) in [5.41, 5.74) is 8.32. The predicted octanol–water partition coefficient (Wildman–Crippen LogP) is 9.52. The second-order valence-corrected chi connectivity index (χ2v) is 12.7. The first-order valence-electron chi connectivity index (χ1n) is 17.5. The van der Waals surface area contributed by atoms with E-state index in [1.54, 1.807) is 0 Å². The van der Waals surface area contributed by atoms with Crippen LogP contribution in [0.15, 0.2) is 146 Å². The summed E-state index contributed by atoms with van der Waals surface area (Å²) in [4.78, 5) is 35.8. The number of rotatable bonds is 11. The first-order chi connectivity index (χ1) is 25.6. The van der Waals surface area contributed by atoms with E-state index in [2.05, 4.69) is 45.5 Å². The van der Waals surface area contributed by atoms with Crippen molar-refractivity contribution in [3.63, 3.8) is 0 Å². The van der Waals surface area contributed by atoms with E-state index in [9.17, 15) is 9.59 Å². The number of hydrogen-bond donors (Lipinski definition) is 4. The van der Waals surface area contributed by atoms with Crippen LogP contribution in [0.3, 0.4) is 0 Å². The van der Waals surface area contributed by atoms with E-state index in [4.69, 9.17) is 9.97 Å². The van der Waals surface area contributed by atoms with Crippen LogP contribution in [0.4, 0.5) is 22.7 Å². The van der Waals surface area contributed by atoms with Gasteiger partial charge in [-0.05, 0) is 73.5 Å². The number of hydrogen-bond acceptors (Lipinski definition) is 6. The summed E-state index contributed by atoms with van der Waals surface area (Å²) in [6.07, 6.45) is 1.45. The lowest BCUT2D eigenvalue weighted by atomic mass is 10.1. The number of pyridine rings is 2. The fourth-order valence-electron chi connectivity index (χ4n) is 6.57. The van der Waals surface area contributed by atoms with Gasteiger partial charge in [0, 0.05) is 57.1 Å². The Labute approximate surface area is 300 Å². The molecule has 8 rings (SSSR count). The predicted molar refractivity (Wildman–Crippen MR) is 212 cm³/mol. The molecule has 0 aliphatic heterocycles. The number of anilines is 4. The topological polar surface area (TPSA) is 108 Å². The third-order valence-corrected chi connectivity index (χ3v) is 9.14. The largest absolute Gasteiger partial charge is 0.354 e. The van der Waals surface area contributed by atoms with Crippen LogP contribution in [-0.2, 0) is 0 Å². The number of benzene rings is 6. The maximum Gasteiger partial charge on any atom is 0.251 e. The van der Waals surface area contributed by atoms with E-state index in [0.717, 1.165) is 79.2 Å². The van der Waals surface area contributed by atoms with Crippen LogP contribution in [0.1, 0.15) is 33.6 Å². The van der Waals surface area contributed by atoms with Crippen molar-refractivity contribution in [2.45, 2.75) is 12.8 Å². The number of carbonyl (C=O) groups is 2. The van der Waals surface area contributed by atoms with Crippen LogP contribution in [0.5, 0.6) is 0 Å². The molecule has 0 saturated heterocycles. The molecule has 4 N–H and O–H groups in total. The Hall–Kier alpha value is -6.80. The molecule has 8 heteroatoms. The van der Waals surface area contributed by atoms with Gasteiger partial charge < -0.3 is 21.3 Å². The van der Waals surface area contributed by atoms with E-state index in [1.807, 2.05) is 121 Å². The fraction of sp³-hybridized carbons (Fsp3) is 0.0909. The van der Waals surface area contributed by atoms with Gasteiger partial charge in [0.15, 0.2) is 0 Å². The van der Waals surface area contributed by atoms with Gasteiger partial charge in [0.1, 0.15) is 0 Å². The number of carbonyl (C=O) groups excluding carboxylic acids is 2. The minimum atomic E-state index is -0.142. The maximum atomic E-state index is 13.1. The molecule has 0 aliphatic carbocycles. The summed E-state index contributed by atoms with van der Waals surface area (Å²) >= 11 is 0. The second-order valence-electron chi connectivity index (χ2n) is 12.7. The highest BCUT2D eigenvalue weighted by Gasteiger charge is 2.13. The molecule has 8 aromatic rings. The minimum absolute atomic E-state index is 0.142. The highest BCUT2D eigenvalue weighted by Crippen LogP contribution is 2.34. The average molecular weight is 681 g/mol. The molecule has 52 heavy (non-hydrogen) atoms. The molecule has 8 nitrogen and oxygen atoms in total. The summed E-state index contributed by atoms with van der Waals surface area (Å²) < 4.78 is 0. The highest BCUT2D eigenvalue weighted by molar-refractivity contribution is 6.10.